The molecular weight excluding hydrogens is 434 g/mol. The molecule has 1 atom stereocenters. The number of rotatable bonds is 9. The van der Waals surface area contributed by atoms with E-state index in [0.717, 1.165) is 0 Å². The summed E-state index contributed by atoms with van der Waals surface area (Å²) in [5.74, 6) is -0.233. The van der Waals surface area contributed by atoms with Crippen molar-refractivity contribution in [1.29, 1.82) is 0 Å². The summed E-state index contributed by atoms with van der Waals surface area (Å²) in [6, 6.07) is 6.88. The third-order valence-corrected chi connectivity index (χ3v) is 4.78. The molecule has 1 aliphatic rings. The van der Waals surface area contributed by atoms with Crippen LogP contribution in [-0.2, 0) is 9.59 Å². The first kappa shape index (κ1) is 23.5. The maximum Gasteiger partial charge on any atom is 0.325 e. The third-order valence-electron chi connectivity index (χ3n) is 4.78. The Morgan fingerprint density at radius 2 is 1.82 bits per heavy atom. The van der Waals surface area contributed by atoms with Crippen LogP contribution in [0.15, 0.2) is 36.1 Å². The number of methoxy groups -OCH3 is 3. The van der Waals surface area contributed by atoms with Crippen molar-refractivity contribution < 1.29 is 43.2 Å². The number of carbonyl (C=O) groups is 3. The van der Waals surface area contributed by atoms with Crippen molar-refractivity contribution in [2.45, 2.75) is 13.0 Å². The number of carbonyl (C=O) groups excluding carboxylic acids is 2. The van der Waals surface area contributed by atoms with E-state index in [1.807, 2.05) is 0 Å². The first-order valence-electron chi connectivity index (χ1n) is 9.81. The summed E-state index contributed by atoms with van der Waals surface area (Å²) in [7, 11) is 4.46. The lowest BCUT2D eigenvalue weighted by Gasteiger charge is -2.14. The summed E-state index contributed by atoms with van der Waals surface area (Å²) in [6.07, 6.45) is 1.53. The Morgan fingerprint density at radius 3 is 2.45 bits per heavy atom. The molecule has 0 saturated heterocycles. The van der Waals surface area contributed by atoms with Crippen LogP contribution in [0.3, 0.4) is 0 Å². The van der Waals surface area contributed by atoms with E-state index in [4.69, 9.17) is 28.8 Å². The Hall–Kier alpha value is -4.21. The van der Waals surface area contributed by atoms with Crippen LogP contribution in [0.1, 0.15) is 22.8 Å². The zero-order valence-corrected chi connectivity index (χ0v) is 18.5. The van der Waals surface area contributed by atoms with Gasteiger partial charge in [-0.3, -0.25) is 14.4 Å². The summed E-state index contributed by atoms with van der Waals surface area (Å²) in [6.45, 7) is 0.951. The molecule has 2 N–H and O–H groups in total. The monoisotopic (exact) mass is 457 g/mol. The molecule has 2 aromatic carbocycles. The van der Waals surface area contributed by atoms with Crippen LogP contribution < -0.4 is 29.0 Å². The average molecular weight is 457 g/mol. The van der Waals surface area contributed by atoms with Crippen LogP contribution in [0, 0.1) is 0 Å². The van der Waals surface area contributed by atoms with Crippen molar-refractivity contribution in [3.8, 4) is 28.7 Å². The molecular formula is C23H23NO9. The largest absolute Gasteiger partial charge is 0.493 e. The fourth-order valence-corrected chi connectivity index (χ4v) is 3.13. The fourth-order valence-electron chi connectivity index (χ4n) is 3.13. The molecule has 0 bridgehead atoms. The lowest BCUT2D eigenvalue weighted by molar-refractivity contribution is -0.141. The normalized spacial score (nSPS) is 14.2. The number of nitrogens with one attached hydrogen (secondary N) is 1. The molecule has 10 heteroatoms. The van der Waals surface area contributed by atoms with Crippen molar-refractivity contribution >= 4 is 23.7 Å². The van der Waals surface area contributed by atoms with Gasteiger partial charge in [-0.25, -0.2) is 0 Å². The van der Waals surface area contributed by atoms with Gasteiger partial charge in [-0.15, -0.1) is 0 Å². The van der Waals surface area contributed by atoms with Gasteiger partial charge in [0.25, 0.3) is 5.91 Å². The molecule has 0 radical (unpaired) electrons. The zero-order chi connectivity index (χ0) is 24.1. The summed E-state index contributed by atoms with van der Waals surface area (Å²) >= 11 is 0. The topological polar surface area (TPSA) is 130 Å². The minimum atomic E-state index is -1.15. The highest BCUT2D eigenvalue weighted by Crippen LogP contribution is 2.42. The minimum absolute atomic E-state index is 0.0701. The Kier molecular flexibility index (Phi) is 7.07. The molecule has 0 spiro atoms. The number of amides is 1. The summed E-state index contributed by atoms with van der Waals surface area (Å²) in [5, 5.41) is 11.1. The molecule has 1 heterocycles. The lowest BCUT2D eigenvalue weighted by Crippen LogP contribution is -2.40. The van der Waals surface area contributed by atoms with Gasteiger partial charge in [-0.05, 0) is 37.3 Å². The predicted octanol–water partition coefficient (Wildman–Crippen LogP) is 2.30. The number of aliphatic carboxylic acids is 1. The van der Waals surface area contributed by atoms with Gasteiger partial charge in [0.1, 0.15) is 17.5 Å². The van der Waals surface area contributed by atoms with Crippen LogP contribution in [0.5, 0.6) is 28.7 Å². The number of hydrogen-bond acceptors (Lipinski definition) is 8. The van der Waals surface area contributed by atoms with Gasteiger partial charge in [-0.2, -0.15) is 0 Å². The number of carboxylic acids is 1. The molecule has 0 aliphatic carbocycles. The Labute approximate surface area is 189 Å². The molecule has 1 amide bonds. The number of benzene rings is 2. The second kappa shape index (κ2) is 9.94. The maximum absolute atomic E-state index is 12.8. The number of carboxylic acid groups (broad SMARTS) is 1. The molecule has 2 aromatic rings. The summed E-state index contributed by atoms with van der Waals surface area (Å²) < 4.78 is 27.2. The smallest absolute Gasteiger partial charge is 0.325 e. The van der Waals surface area contributed by atoms with Crippen LogP contribution in [0.25, 0.3) is 6.08 Å². The molecule has 174 valence electrons. The van der Waals surface area contributed by atoms with Crippen molar-refractivity contribution in [3.05, 3.63) is 47.2 Å². The molecule has 0 unspecified atom stereocenters. The first-order chi connectivity index (χ1) is 15.8. The van der Waals surface area contributed by atoms with Crippen molar-refractivity contribution in [2.75, 3.05) is 27.9 Å². The SMILES string of the molecule is COc1ccc(/C=C2\Oc3cc(OCC(=O)N[C@@H](C)C(=O)O)ccc3C2=O)c(OC)c1OC. The number of Topliss-reactive ketones (excluding diaryl/α,β-unsaturated/α-hetero) is 1. The summed E-state index contributed by atoms with van der Waals surface area (Å²) in [4.78, 5) is 35.4. The van der Waals surface area contributed by atoms with E-state index in [-0.39, 0.29) is 23.0 Å². The van der Waals surface area contributed by atoms with Gasteiger partial charge in [0, 0.05) is 11.6 Å². The Balaban J connectivity index is 1.78. The van der Waals surface area contributed by atoms with E-state index in [1.54, 1.807) is 12.1 Å². The first-order valence-corrected chi connectivity index (χ1v) is 9.81. The van der Waals surface area contributed by atoms with Crippen LogP contribution >= 0.6 is 0 Å². The highest BCUT2D eigenvalue weighted by Gasteiger charge is 2.29. The highest BCUT2D eigenvalue weighted by molar-refractivity contribution is 6.14. The van der Waals surface area contributed by atoms with Crippen molar-refractivity contribution in [1.82, 2.24) is 5.32 Å². The minimum Gasteiger partial charge on any atom is -0.493 e. The molecule has 10 nitrogen and oxygen atoms in total. The van der Waals surface area contributed by atoms with E-state index < -0.39 is 24.5 Å². The molecule has 0 fully saturated rings. The van der Waals surface area contributed by atoms with Gasteiger partial charge in [-0.1, -0.05) is 0 Å². The lowest BCUT2D eigenvalue weighted by atomic mass is 10.1. The molecule has 3 rings (SSSR count). The van der Waals surface area contributed by atoms with E-state index in [2.05, 4.69) is 5.32 Å². The zero-order valence-electron chi connectivity index (χ0n) is 18.5. The third kappa shape index (κ3) is 5.00. The van der Waals surface area contributed by atoms with Gasteiger partial charge in [0.05, 0.1) is 26.9 Å². The number of ether oxygens (including phenoxy) is 5. The quantitative estimate of drug-likeness (QED) is 0.545. The average Bonchev–Trinajstić information content (AvgIpc) is 3.11. The van der Waals surface area contributed by atoms with Gasteiger partial charge < -0.3 is 34.1 Å². The Bertz CT molecular complexity index is 1120. The Morgan fingerprint density at radius 1 is 1.09 bits per heavy atom. The van der Waals surface area contributed by atoms with E-state index >= 15 is 0 Å². The van der Waals surface area contributed by atoms with Gasteiger partial charge in [0.15, 0.2) is 23.9 Å². The molecule has 33 heavy (non-hydrogen) atoms. The second-order valence-electron chi connectivity index (χ2n) is 6.94. The highest BCUT2D eigenvalue weighted by atomic mass is 16.5. The van der Waals surface area contributed by atoms with Gasteiger partial charge in [0.2, 0.25) is 11.5 Å². The molecule has 0 aromatic heterocycles. The van der Waals surface area contributed by atoms with Gasteiger partial charge >= 0.3 is 5.97 Å². The van der Waals surface area contributed by atoms with Crippen LogP contribution in [0.2, 0.25) is 0 Å². The maximum atomic E-state index is 12.8. The van der Waals surface area contributed by atoms with Crippen LogP contribution in [0.4, 0.5) is 0 Å². The van der Waals surface area contributed by atoms with E-state index in [9.17, 15) is 14.4 Å². The van der Waals surface area contributed by atoms with Crippen molar-refractivity contribution in [2.24, 2.45) is 0 Å². The van der Waals surface area contributed by atoms with E-state index in [0.29, 0.717) is 28.4 Å². The van der Waals surface area contributed by atoms with Crippen LogP contribution in [-0.4, -0.2) is 56.7 Å². The number of allylic oxidation sites excluding steroid dienone is 1. The summed E-state index contributed by atoms with van der Waals surface area (Å²) in [5.41, 5.74) is 0.879. The number of ketones is 1. The van der Waals surface area contributed by atoms with E-state index in [1.165, 1.54) is 52.5 Å². The predicted molar refractivity (Wildman–Crippen MR) is 116 cm³/mol. The molecule has 1 aliphatic heterocycles. The fraction of sp³-hybridized carbons (Fsp3) is 0.261. The molecule has 0 saturated carbocycles. The second-order valence-corrected chi connectivity index (χ2v) is 6.94. The standard InChI is InChI=1S/C23H23NO9/c1-12(23(27)28)24-19(25)11-32-14-6-7-15-17(10-14)33-18(20(15)26)9-13-5-8-16(29-2)22(31-4)21(13)30-3/h5-10,12H,11H2,1-4H3,(H,24,25)(H,27,28)/b18-9-/t12-/m0/s1. The van der Waals surface area contributed by atoms with Crippen molar-refractivity contribution in [3.63, 3.8) is 0 Å². The number of fused-ring (bicyclic) bond motifs is 1. The number of hydrogen-bond donors (Lipinski definition) is 2.